The van der Waals surface area contributed by atoms with Crippen molar-refractivity contribution in [3.8, 4) is 0 Å². The molecule has 0 bridgehead atoms. The number of halogens is 1. The summed E-state index contributed by atoms with van der Waals surface area (Å²) >= 11 is 5.97. The van der Waals surface area contributed by atoms with Crippen LogP contribution in [0.2, 0.25) is 5.02 Å². The second-order valence-corrected chi connectivity index (χ2v) is 6.87. The molecule has 8 nitrogen and oxygen atoms in total. The minimum Gasteiger partial charge on any atom is -0.462 e. The van der Waals surface area contributed by atoms with Gasteiger partial charge in [0.05, 0.1) is 29.3 Å². The van der Waals surface area contributed by atoms with Gasteiger partial charge in [-0.25, -0.2) is 4.79 Å². The fraction of sp³-hybridized carbons (Fsp3) is 0.136. The van der Waals surface area contributed by atoms with E-state index in [2.05, 4.69) is 4.98 Å². The Hall–Kier alpha value is -3.78. The molecule has 0 saturated carbocycles. The van der Waals surface area contributed by atoms with Crippen LogP contribution in [0.25, 0.3) is 0 Å². The standard InChI is InChI=1S/C22H18ClN3O5/c1-2-31-22(28)16-11-15(12-20(13-16)26(29)30)21(27)25(14-18-5-3-4-10-24-18)19-8-6-17(23)7-9-19/h3-13H,2,14H2,1H3. The molecule has 2 aromatic carbocycles. The molecule has 0 aliphatic rings. The summed E-state index contributed by atoms with van der Waals surface area (Å²) in [7, 11) is 0. The maximum Gasteiger partial charge on any atom is 0.338 e. The molecular weight excluding hydrogens is 422 g/mol. The van der Waals surface area contributed by atoms with Gasteiger partial charge in [-0.1, -0.05) is 17.7 Å². The van der Waals surface area contributed by atoms with Crippen molar-refractivity contribution in [2.45, 2.75) is 13.5 Å². The van der Waals surface area contributed by atoms with Crippen molar-refractivity contribution >= 4 is 34.9 Å². The van der Waals surface area contributed by atoms with Crippen molar-refractivity contribution in [1.29, 1.82) is 0 Å². The number of esters is 1. The van der Waals surface area contributed by atoms with Crippen LogP contribution in [0, 0.1) is 10.1 Å². The molecule has 1 heterocycles. The number of rotatable bonds is 7. The third-order valence-corrected chi connectivity index (χ3v) is 4.57. The summed E-state index contributed by atoms with van der Waals surface area (Å²) in [6, 6.07) is 15.4. The van der Waals surface area contributed by atoms with E-state index in [0.29, 0.717) is 16.4 Å². The maximum atomic E-state index is 13.4. The summed E-state index contributed by atoms with van der Waals surface area (Å²) in [5, 5.41) is 11.9. The summed E-state index contributed by atoms with van der Waals surface area (Å²) in [6.07, 6.45) is 1.60. The summed E-state index contributed by atoms with van der Waals surface area (Å²) in [5.74, 6) is -1.29. The Bertz CT molecular complexity index is 1100. The van der Waals surface area contributed by atoms with Gasteiger partial charge >= 0.3 is 5.97 Å². The molecular formula is C22H18ClN3O5. The van der Waals surface area contributed by atoms with E-state index in [1.165, 1.54) is 11.0 Å². The van der Waals surface area contributed by atoms with Gasteiger partial charge in [-0.15, -0.1) is 0 Å². The number of nitrogens with zero attached hydrogens (tertiary/aromatic N) is 3. The average Bonchev–Trinajstić information content (AvgIpc) is 2.78. The Morgan fingerprint density at radius 3 is 2.42 bits per heavy atom. The number of nitro benzene ring substituents is 1. The van der Waals surface area contributed by atoms with E-state index in [1.807, 2.05) is 0 Å². The number of benzene rings is 2. The van der Waals surface area contributed by atoms with Crippen LogP contribution in [0.1, 0.15) is 33.3 Å². The lowest BCUT2D eigenvalue weighted by molar-refractivity contribution is -0.384. The smallest absolute Gasteiger partial charge is 0.338 e. The van der Waals surface area contributed by atoms with Gasteiger partial charge in [0.15, 0.2) is 0 Å². The van der Waals surface area contributed by atoms with Crippen molar-refractivity contribution in [2.75, 3.05) is 11.5 Å². The van der Waals surface area contributed by atoms with E-state index in [-0.39, 0.29) is 30.0 Å². The number of ether oxygens (including phenoxy) is 1. The molecule has 0 N–H and O–H groups in total. The molecule has 0 unspecified atom stereocenters. The SMILES string of the molecule is CCOC(=O)c1cc(C(=O)N(Cc2ccccn2)c2ccc(Cl)cc2)cc([N+](=O)[O-])c1. The molecule has 0 spiro atoms. The Labute approximate surface area is 183 Å². The second-order valence-electron chi connectivity index (χ2n) is 6.43. The third kappa shape index (κ3) is 5.43. The van der Waals surface area contributed by atoms with E-state index < -0.39 is 16.8 Å². The number of pyridine rings is 1. The van der Waals surface area contributed by atoms with E-state index in [4.69, 9.17) is 16.3 Å². The van der Waals surface area contributed by atoms with Crippen molar-refractivity contribution in [3.05, 3.63) is 98.8 Å². The van der Waals surface area contributed by atoms with Crippen molar-refractivity contribution in [3.63, 3.8) is 0 Å². The quantitative estimate of drug-likeness (QED) is 0.301. The maximum absolute atomic E-state index is 13.4. The average molecular weight is 440 g/mol. The number of anilines is 1. The highest BCUT2D eigenvalue weighted by atomic mass is 35.5. The molecule has 0 radical (unpaired) electrons. The van der Waals surface area contributed by atoms with Gasteiger partial charge in [0, 0.05) is 34.6 Å². The number of non-ortho nitro benzene ring substituents is 1. The first-order chi connectivity index (χ1) is 14.9. The Morgan fingerprint density at radius 1 is 1.10 bits per heavy atom. The Morgan fingerprint density at radius 2 is 1.81 bits per heavy atom. The predicted octanol–water partition coefficient (Wildman–Crippen LogP) is 4.67. The third-order valence-electron chi connectivity index (χ3n) is 4.32. The van der Waals surface area contributed by atoms with Gasteiger partial charge in [-0.2, -0.15) is 0 Å². The van der Waals surface area contributed by atoms with Crippen LogP contribution in [0.4, 0.5) is 11.4 Å². The number of aromatic nitrogens is 1. The molecule has 1 aromatic heterocycles. The summed E-state index contributed by atoms with van der Waals surface area (Å²) in [4.78, 5) is 42.0. The molecule has 3 aromatic rings. The summed E-state index contributed by atoms with van der Waals surface area (Å²) < 4.78 is 4.94. The highest BCUT2D eigenvalue weighted by molar-refractivity contribution is 6.30. The number of amides is 1. The topological polar surface area (TPSA) is 103 Å². The first kappa shape index (κ1) is 21.9. The monoisotopic (exact) mass is 439 g/mol. The van der Waals surface area contributed by atoms with Gasteiger partial charge in [-0.3, -0.25) is 19.9 Å². The zero-order valence-corrected chi connectivity index (χ0v) is 17.3. The molecule has 31 heavy (non-hydrogen) atoms. The molecule has 0 saturated heterocycles. The molecule has 1 amide bonds. The Kier molecular flexibility index (Phi) is 6.94. The highest BCUT2D eigenvalue weighted by Gasteiger charge is 2.24. The van der Waals surface area contributed by atoms with Gasteiger partial charge < -0.3 is 9.64 Å². The van der Waals surface area contributed by atoms with Crippen LogP contribution in [0.3, 0.4) is 0 Å². The van der Waals surface area contributed by atoms with E-state index in [9.17, 15) is 19.7 Å². The molecule has 158 valence electrons. The Balaban J connectivity index is 2.06. The first-order valence-corrected chi connectivity index (χ1v) is 9.70. The molecule has 3 rings (SSSR count). The van der Waals surface area contributed by atoms with Crippen LogP contribution >= 0.6 is 11.6 Å². The number of hydrogen-bond donors (Lipinski definition) is 0. The van der Waals surface area contributed by atoms with Gasteiger partial charge in [-0.05, 0) is 49.4 Å². The number of hydrogen-bond acceptors (Lipinski definition) is 6. The van der Waals surface area contributed by atoms with Crippen molar-refractivity contribution < 1.29 is 19.2 Å². The zero-order chi connectivity index (χ0) is 22.4. The van der Waals surface area contributed by atoms with Crippen LogP contribution in [-0.4, -0.2) is 28.4 Å². The zero-order valence-electron chi connectivity index (χ0n) is 16.5. The normalized spacial score (nSPS) is 10.4. The van der Waals surface area contributed by atoms with Crippen LogP contribution < -0.4 is 4.90 Å². The lowest BCUT2D eigenvalue weighted by Crippen LogP contribution is -2.31. The lowest BCUT2D eigenvalue weighted by Gasteiger charge is -2.23. The number of carbonyl (C=O) groups is 2. The number of carbonyl (C=O) groups excluding carboxylic acids is 2. The fourth-order valence-corrected chi connectivity index (χ4v) is 3.01. The van der Waals surface area contributed by atoms with Gasteiger partial charge in [0.2, 0.25) is 0 Å². The molecule has 0 fully saturated rings. The van der Waals surface area contributed by atoms with Gasteiger partial charge in [0.25, 0.3) is 11.6 Å². The minimum atomic E-state index is -0.747. The largest absolute Gasteiger partial charge is 0.462 e. The highest BCUT2D eigenvalue weighted by Crippen LogP contribution is 2.25. The second kappa shape index (κ2) is 9.82. The van der Waals surface area contributed by atoms with Crippen molar-refractivity contribution in [2.24, 2.45) is 0 Å². The fourth-order valence-electron chi connectivity index (χ4n) is 2.88. The molecule has 0 atom stereocenters. The molecule has 9 heteroatoms. The van der Waals surface area contributed by atoms with E-state index in [0.717, 1.165) is 12.1 Å². The minimum absolute atomic E-state index is 0.0249. The molecule has 0 aliphatic carbocycles. The summed E-state index contributed by atoms with van der Waals surface area (Å²) in [5.41, 5.74) is 0.644. The molecule has 0 aliphatic heterocycles. The van der Waals surface area contributed by atoms with Crippen LogP contribution in [0.15, 0.2) is 66.9 Å². The van der Waals surface area contributed by atoms with Crippen LogP contribution in [0.5, 0.6) is 0 Å². The predicted molar refractivity (Wildman–Crippen MR) is 115 cm³/mol. The van der Waals surface area contributed by atoms with Crippen molar-refractivity contribution in [1.82, 2.24) is 4.98 Å². The number of nitro groups is 1. The summed E-state index contributed by atoms with van der Waals surface area (Å²) in [6.45, 7) is 1.83. The van der Waals surface area contributed by atoms with E-state index in [1.54, 1.807) is 55.6 Å². The van der Waals surface area contributed by atoms with Gasteiger partial charge in [0.1, 0.15) is 0 Å². The van der Waals surface area contributed by atoms with E-state index >= 15 is 0 Å². The lowest BCUT2D eigenvalue weighted by atomic mass is 10.1. The van der Waals surface area contributed by atoms with Crippen LogP contribution in [-0.2, 0) is 11.3 Å². The first-order valence-electron chi connectivity index (χ1n) is 9.33.